The zero-order chi connectivity index (χ0) is 28.8. The highest BCUT2D eigenvalue weighted by atomic mass is 32.2. The monoisotopic (exact) mass is 559 g/mol. The molecule has 0 fully saturated rings. The zero-order valence-corrected chi connectivity index (χ0v) is 21.9. The average Bonchev–Trinajstić information content (AvgIpc) is 2.68. The standard InChI is InChI=1S/C21H35F6NO7S/c1-7-9-18(5,15(29)34-11-10-28-36(32,33)21(25,26)27)13-17(4,8-2)16(30)35-14(3)12-19(6,31)20(22,23)24/h14,28,31H,7-13H2,1-6H3. The van der Waals surface area contributed by atoms with Gasteiger partial charge in [0, 0.05) is 13.0 Å². The van der Waals surface area contributed by atoms with Gasteiger partial charge in [-0.2, -0.15) is 26.3 Å². The molecule has 4 unspecified atom stereocenters. The first-order valence-corrected chi connectivity index (χ1v) is 12.7. The van der Waals surface area contributed by atoms with Crippen LogP contribution in [0.2, 0.25) is 0 Å². The summed E-state index contributed by atoms with van der Waals surface area (Å²) in [6, 6.07) is 0. The fourth-order valence-electron chi connectivity index (χ4n) is 3.63. The van der Waals surface area contributed by atoms with Gasteiger partial charge in [0.1, 0.15) is 12.7 Å². The van der Waals surface area contributed by atoms with Crippen LogP contribution in [-0.2, 0) is 29.1 Å². The lowest BCUT2D eigenvalue weighted by molar-refractivity contribution is -0.261. The number of rotatable bonds is 14. The lowest BCUT2D eigenvalue weighted by Gasteiger charge is -2.37. The number of carbonyl (C=O) groups is 2. The first-order chi connectivity index (χ1) is 16.0. The molecule has 0 spiro atoms. The average molecular weight is 560 g/mol. The van der Waals surface area contributed by atoms with Gasteiger partial charge in [0.05, 0.1) is 10.8 Å². The number of carbonyl (C=O) groups excluding carboxylic acids is 2. The molecule has 4 atom stereocenters. The molecule has 0 aliphatic heterocycles. The van der Waals surface area contributed by atoms with Crippen molar-refractivity contribution in [1.29, 1.82) is 0 Å². The maximum Gasteiger partial charge on any atom is 0.511 e. The van der Waals surface area contributed by atoms with Crippen molar-refractivity contribution in [2.24, 2.45) is 10.8 Å². The van der Waals surface area contributed by atoms with Crippen molar-refractivity contribution >= 4 is 22.0 Å². The molecule has 0 rings (SSSR count). The molecule has 15 heteroatoms. The summed E-state index contributed by atoms with van der Waals surface area (Å²) in [5, 5.41) is 9.64. The Hall–Kier alpha value is -1.61. The van der Waals surface area contributed by atoms with Crippen LogP contribution in [0.4, 0.5) is 26.3 Å². The summed E-state index contributed by atoms with van der Waals surface area (Å²) in [4.78, 5) is 25.7. The SMILES string of the molecule is CCCC(C)(CC(C)(CC)C(=O)OC(C)CC(C)(O)C(F)(F)F)C(=O)OCCNS(=O)(=O)C(F)(F)F. The van der Waals surface area contributed by atoms with Crippen molar-refractivity contribution in [3.63, 3.8) is 0 Å². The molecule has 0 saturated heterocycles. The van der Waals surface area contributed by atoms with Gasteiger partial charge in [0.25, 0.3) is 0 Å². The van der Waals surface area contributed by atoms with E-state index < -0.39 is 75.8 Å². The molecule has 36 heavy (non-hydrogen) atoms. The summed E-state index contributed by atoms with van der Waals surface area (Å²) >= 11 is 0. The van der Waals surface area contributed by atoms with Crippen molar-refractivity contribution in [3.05, 3.63) is 0 Å². The molecule has 0 bridgehead atoms. The van der Waals surface area contributed by atoms with E-state index >= 15 is 0 Å². The lowest BCUT2D eigenvalue weighted by atomic mass is 9.69. The van der Waals surface area contributed by atoms with Crippen LogP contribution in [0.15, 0.2) is 0 Å². The Morgan fingerprint density at radius 2 is 1.50 bits per heavy atom. The third kappa shape index (κ3) is 9.36. The van der Waals surface area contributed by atoms with Gasteiger partial charge >= 0.3 is 33.6 Å². The van der Waals surface area contributed by atoms with Gasteiger partial charge < -0.3 is 14.6 Å². The highest BCUT2D eigenvalue weighted by Crippen LogP contribution is 2.42. The summed E-state index contributed by atoms with van der Waals surface area (Å²) in [6.07, 6.45) is -6.60. The molecule has 0 aromatic rings. The number of aliphatic hydroxyl groups is 1. The van der Waals surface area contributed by atoms with Gasteiger partial charge in [-0.25, -0.2) is 13.1 Å². The smallest absolute Gasteiger partial charge is 0.464 e. The Bertz CT molecular complexity index is 860. The maximum absolute atomic E-state index is 12.9. The molecule has 0 saturated carbocycles. The minimum absolute atomic E-state index is 0.117. The number of hydrogen-bond acceptors (Lipinski definition) is 7. The highest BCUT2D eigenvalue weighted by Gasteiger charge is 2.51. The second kappa shape index (κ2) is 12.3. The number of halogens is 6. The quantitative estimate of drug-likeness (QED) is 0.186. The van der Waals surface area contributed by atoms with Crippen LogP contribution >= 0.6 is 0 Å². The third-order valence-electron chi connectivity index (χ3n) is 5.88. The van der Waals surface area contributed by atoms with Crippen molar-refractivity contribution in [2.45, 2.75) is 97.0 Å². The molecule has 2 N–H and O–H groups in total. The van der Waals surface area contributed by atoms with Gasteiger partial charge in [-0.1, -0.05) is 20.3 Å². The number of sulfonamides is 1. The van der Waals surface area contributed by atoms with Crippen LogP contribution < -0.4 is 4.72 Å². The van der Waals surface area contributed by atoms with Crippen molar-refractivity contribution in [1.82, 2.24) is 4.72 Å². The number of ether oxygens (including phenoxy) is 2. The largest absolute Gasteiger partial charge is 0.511 e. The lowest BCUT2D eigenvalue weighted by Crippen LogP contribution is -2.46. The highest BCUT2D eigenvalue weighted by molar-refractivity contribution is 7.90. The van der Waals surface area contributed by atoms with E-state index in [-0.39, 0.29) is 19.3 Å². The van der Waals surface area contributed by atoms with E-state index in [1.54, 1.807) is 13.8 Å². The molecule has 214 valence electrons. The van der Waals surface area contributed by atoms with E-state index in [0.717, 1.165) is 0 Å². The number of alkyl halides is 6. The van der Waals surface area contributed by atoms with Gasteiger partial charge in [-0.15, -0.1) is 0 Å². The summed E-state index contributed by atoms with van der Waals surface area (Å²) < 4.78 is 109. The van der Waals surface area contributed by atoms with Crippen LogP contribution in [0.25, 0.3) is 0 Å². The topological polar surface area (TPSA) is 119 Å². The summed E-state index contributed by atoms with van der Waals surface area (Å²) in [5.41, 5.74) is -11.3. The van der Waals surface area contributed by atoms with Gasteiger partial charge in [0.15, 0.2) is 5.60 Å². The second-order valence-electron chi connectivity index (χ2n) is 9.57. The number of esters is 2. The first-order valence-electron chi connectivity index (χ1n) is 11.2. The molecule has 0 radical (unpaired) electrons. The molecular formula is C21H35F6NO7S. The maximum atomic E-state index is 12.9. The normalized spacial score (nSPS) is 18.9. The minimum atomic E-state index is -5.61. The van der Waals surface area contributed by atoms with Crippen LogP contribution in [0.3, 0.4) is 0 Å². The summed E-state index contributed by atoms with van der Waals surface area (Å²) in [5.74, 6) is -1.79. The molecule has 0 aromatic carbocycles. The van der Waals surface area contributed by atoms with Crippen LogP contribution in [0, 0.1) is 10.8 Å². The second-order valence-corrected chi connectivity index (χ2v) is 11.3. The van der Waals surface area contributed by atoms with Crippen LogP contribution in [-0.4, -0.2) is 62.0 Å². The Labute approximate surface area is 207 Å². The Morgan fingerprint density at radius 3 is 1.92 bits per heavy atom. The predicted molar refractivity (Wildman–Crippen MR) is 117 cm³/mol. The van der Waals surface area contributed by atoms with E-state index in [0.29, 0.717) is 13.3 Å². The summed E-state index contributed by atoms with van der Waals surface area (Å²) in [7, 11) is -5.61. The van der Waals surface area contributed by atoms with Crippen molar-refractivity contribution in [2.75, 3.05) is 13.2 Å². The fourth-order valence-corrected chi connectivity index (χ4v) is 4.15. The van der Waals surface area contributed by atoms with Crippen LogP contribution in [0.5, 0.6) is 0 Å². The Morgan fingerprint density at radius 1 is 0.972 bits per heavy atom. The predicted octanol–water partition coefficient (Wildman–Crippen LogP) is 4.22. The fraction of sp³-hybridized carbons (Fsp3) is 0.905. The van der Waals surface area contributed by atoms with E-state index in [9.17, 15) is 49.5 Å². The molecule has 0 aliphatic carbocycles. The zero-order valence-electron chi connectivity index (χ0n) is 21.1. The van der Waals surface area contributed by atoms with E-state index in [4.69, 9.17) is 9.47 Å². The van der Waals surface area contributed by atoms with Gasteiger partial charge in [0.2, 0.25) is 0 Å². The van der Waals surface area contributed by atoms with E-state index in [1.165, 1.54) is 25.5 Å². The molecule has 0 heterocycles. The summed E-state index contributed by atoms with van der Waals surface area (Å²) in [6.45, 7) is 6.44. The van der Waals surface area contributed by atoms with Gasteiger partial charge in [-0.3, -0.25) is 9.59 Å². The molecule has 0 amide bonds. The molecule has 8 nitrogen and oxygen atoms in total. The Kier molecular flexibility index (Phi) is 11.7. The van der Waals surface area contributed by atoms with E-state index in [2.05, 4.69) is 0 Å². The third-order valence-corrected chi connectivity index (χ3v) is 7.08. The molecular weight excluding hydrogens is 524 g/mol. The van der Waals surface area contributed by atoms with Crippen LogP contribution in [0.1, 0.15) is 73.6 Å². The minimum Gasteiger partial charge on any atom is -0.464 e. The molecule has 0 aliphatic rings. The first kappa shape index (κ1) is 34.4. The van der Waals surface area contributed by atoms with Crippen molar-refractivity contribution < 1.29 is 58.9 Å². The molecule has 0 aromatic heterocycles. The number of nitrogens with one attached hydrogen (secondary N) is 1. The van der Waals surface area contributed by atoms with E-state index in [1.807, 2.05) is 0 Å². The Balaban J connectivity index is 5.41. The number of hydrogen-bond donors (Lipinski definition) is 2. The van der Waals surface area contributed by atoms with Gasteiger partial charge in [-0.05, 0) is 47.0 Å². The van der Waals surface area contributed by atoms with Crippen molar-refractivity contribution in [3.8, 4) is 0 Å².